The molecule has 0 saturated heterocycles. The Morgan fingerprint density at radius 1 is 1.00 bits per heavy atom. The molecular formula is C17H15N5. The lowest BCUT2D eigenvalue weighted by Gasteiger charge is -2.11. The molecule has 5 heteroatoms. The third-order valence-electron chi connectivity index (χ3n) is 3.75. The molecule has 0 bridgehead atoms. The Morgan fingerprint density at radius 2 is 1.91 bits per heavy atom. The third kappa shape index (κ3) is 1.98. The summed E-state index contributed by atoms with van der Waals surface area (Å²) in [5.74, 6) is 0.718. The number of anilines is 1. The number of rotatable bonds is 2. The van der Waals surface area contributed by atoms with Gasteiger partial charge in [-0.05, 0) is 17.7 Å². The van der Waals surface area contributed by atoms with Crippen molar-refractivity contribution in [2.45, 2.75) is 0 Å². The molecule has 2 aromatic carbocycles. The number of fused-ring (bicyclic) bond motifs is 2. The average molecular weight is 289 g/mol. The Labute approximate surface area is 127 Å². The second-order valence-electron chi connectivity index (χ2n) is 5.48. The van der Waals surface area contributed by atoms with Gasteiger partial charge in [0.2, 0.25) is 5.95 Å². The van der Waals surface area contributed by atoms with E-state index < -0.39 is 0 Å². The van der Waals surface area contributed by atoms with Gasteiger partial charge in [0.1, 0.15) is 0 Å². The fourth-order valence-corrected chi connectivity index (χ4v) is 2.62. The van der Waals surface area contributed by atoms with Crippen LogP contribution in [0, 0.1) is 0 Å². The van der Waals surface area contributed by atoms with E-state index in [0.717, 1.165) is 38.9 Å². The number of nitrogens with one attached hydrogen (secondary N) is 1. The number of hydrogen-bond acceptors (Lipinski definition) is 4. The minimum absolute atomic E-state index is 0.718. The summed E-state index contributed by atoms with van der Waals surface area (Å²) < 4.78 is 0. The maximum absolute atomic E-state index is 4.56. The van der Waals surface area contributed by atoms with E-state index in [1.807, 2.05) is 43.5 Å². The molecule has 0 atom stereocenters. The second kappa shape index (κ2) is 4.80. The number of aromatic amines is 1. The van der Waals surface area contributed by atoms with Gasteiger partial charge in [0.15, 0.2) is 0 Å². The van der Waals surface area contributed by atoms with Gasteiger partial charge in [-0.25, -0.2) is 9.97 Å². The molecule has 5 nitrogen and oxygen atoms in total. The van der Waals surface area contributed by atoms with E-state index in [1.165, 1.54) is 0 Å². The van der Waals surface area contributed by atoms with E-state index in [0.29, 0.717) is 0 Å². The highest BCUT2D eigenvalue weighted by molar-refractivity contribution is 5.95. The molecule has 4 rings (SSSR count). The largest absolute Gasteiger partial charge is 0.347 e. The average Bonchev–Trinajstić information content (AvgIpc) is 3.02. The fraction of sp³-hybridized carbons (Fsp3) is 0.118. The molecule has 2 heterocycles. The van der Waals surface area contributed by atoms with Crippen LogP contribution in [0.15, 0.2) is 48.8 Å². The van der Waals surface area contributed by atoms with E-state index in [-0.39, 0.29) is 0 Å². The summed E-state index contributed by atoms with van der Waals surface area (Å²) in [6.45, 7) is 0. The van der Waals surface area contributed by atoms with Gasteiger partial charge in [0.05, 0.1) is 17.2 Å². The quantitative estimate of drug-likeness (QED) is 0.615. The maximum Gasteiger partial charge on any atom is 0.225 e. The molecular weight excluding hydrogens is 274 g/mol. The van der Waals surface area contributed by atoms with Gasteiger partial charge < -0.3 is 4.90 Å². The molecule has 0 spiro atoms. The van der Waals surface area contributed by atoms with Gasteiger partial charge >= 0.3 is 0 Å². The summed E-state index contributed by atoms with van der Waals surface area (Å²) in [6, 6.07) is 12.4. The monoisotopic (exact) mass is 289 g/mol. The number of H-pyrrole nitrogens is 1. The summed E-state index contributed by atoms with van der Waals surface area (Å²) in [4.78, 5) is 10.8. The first-order chi connectivity index (χ1) is 10.7. The zero-order chi connectivity index (χ0) is 15.1. The van der Waals surface area contributed by atoms with Gasteiger partial charge in [-0.3, -0.25) is 5.10 Å². The van der Waals surface area contributed by atoms with Crippen molar-refractivity contribution < 1.29 is 0 Å². The minimum Gasteiger partial charge on any atom is -0.347 e. The molecule has 0 unspecified atom stereocenters. The van der Waals surface area contributed by atoms with Crippen LogP contribution in [0.5, 0.6) is 0 Å². The van der Waals surface area contributed by atoms with Crippen LogP contribution in [0.1, 0.15) is 0 Å². The summed E-state index contributed by atoms with van der Waals surface area (Å²) in [7, 11) is 3.88. The van der Waals surface area contributed by atoms with Crippen LogP contribution in [0.3, 0.4) is 0 Å². The van der Waals surface area contributed by atoms with Gasteiger partial charge in [-0.1, -0.05) is 24.3 Å². The van der Waals surface area contributed by atoms with E-state index >= 15 is 0 Å². The standard InChI is InChI=1S/C17H15N5/c1-22(2)17-18-9-13-8-11(6-7-15(13)20-17)14-5-3-4-12-10-19-21-16(12)14/h3-10H,1-2H3,(H,19,21). The Bertz CT molecular complexity index is 971. The Morgan fingerprint density at radius 3 is 2.77 bits per heavy atom. The topological polar surface area (TPSA) is 57.7 Å². The summed E-state index contributed by atoms with van der Waals surface area (Å²) >= 11 is 0. The number of hydrogen-bond donors (Lipinski definition) is 1. The van der Waals surface area contributed by atoms with Crippen molar-refractivity contribution >= 4 is 27.8 Å². The van der Waals surface area contributed by atoms with Gasteiger partial charge in [-0.15, -0.1) is 0 Å². The van der Waals surface area contributed by atoms with Crippen molar-refractivity contribution in [1.82, 2.24) is 20.2 Å². The molecule has 0 radical (unpaired) electrons. The van der Waals surface area contributed by atoms with E-state index in [1.54, 1.807) is 0 Å². The van der Waals surface area contributed by atoms with Crippen LogP contribution >= 0.6 is 0 Å². The predicted molar refractivity (Wildman–Crippen MR) is 89.0 cm³/mol. The molecule has 22 heavy (non-hydrogen) atoms. The van der Waals surface area contributed by atoms with Crippen molar-refractivity contribution in [3.63, 3.8) is 0 Å². The number of aromatic nitrogens is 4. The SMILES string of the molecule is CN(C)c1ncc2cc(-c3cccc4cn[nH]c34)ccc2n1. The van der Waals surface area contributed by atoms with Crippen molar-refractivity contribution in [3.05, 3.63) is 48.8 Å². The molecule has 4 aromatic rings. The zero-order valence-electron chi connectivity index (χ0n) is 12.4. The predicted octanol–water partition coefficient (Wildman–Crippen LogP) is 3.24. The first-order valence-electron chi connectivity index (χ1n) is 7.09. The first kappa shape index (κ1) is 12.8. The first-order valence-corrected chi connectivity index (χ1v) is 7.09. The molecule has 0 aliphatic rings. The van der Waals surface area contributed by atoms with Crippen molar-refractivity contribution in [2.75, 3.05) is 19.0 Å². The molecule has 0 aliphatic heterocycles. The molecule has 1 N–H and O–H groups in total. The molecule has 2 aromatic heterocycles. The molecule has 108 valence electrons. The van der Waals surface area contributed by atoms with Crippen molar-refractivity contribution in [1.29, 1.82) is 0 Å². The van der Waals surface area contributed by atoms with Gasteiger partial charge in [-0.2, -0.15) is 5.10 Å². The zero-order valence-corrected chi connectivity index (χ0v) is 12.4. The lowest BCUT2D eigenvalue weighted by molar-refractivity contribution is 1.02. The highest BCUT2D eigenvalue weighted by Crippen LogP contribution is 2.29. The van der Waals surface area contributed by atoms with Crippen LogP contribution in [0.2, 0.25) is 0 Å². The van der Waals surface area contributed by atoms with Crippen LogP contribution < -0.4 is 4.90 Å². The smallest absolute Gasteiger partial charge is 0.225 e. The molecule has 0 saturated carbocycles. The third-order valence-corrected chi connectivity index (χ3v) is 3.75. The van der Waals surface area contributed by atoms with Crippen LogP contribution in [0.4, 0.5) is 5.95 Å². The highest BCUT2D eigenvalue weighted by atomic mass is 15.2. The number of nitrogens with zero attached hydrogens (tertiary/aromatic N) is 4. The maximum atomic E-state index is 4.56. The van der Waals surface area contributed by atoms with Gasteiger partial charge in [0.25, 0.3) is 0 Å². The van der Waals surface area contributed by atoms with E-state index in [2.05, 4.69) is 44.4 Å². The van der Waals surface area contributed by atoms with Crippen molar-refractivity contribution in [3.8, 4) is 11.1 Å². The van der Waals surface area contributed by atoms with Crippen molar-refractivity contribution in [2.24, 2.45) is 0 Å². The van der Waals surface area contributed by atoms with Gasteiger partial charge in [0, 0.05) is 36.6 Å². The lowest BCUT2D eigenvalue weighted by Crippen LogP contribution is -2.12. The highest BCUT2D eigenvalue weighted by Gasteiger charge is 2.07. The summed E-state index contributed by atoms with van der Waals surface area (Å²) in [5, 5.41) is 9.33. The Balaban J connectivity index is 1.89. The number of para-hydroxylation sites is 1. The normalized spacial score (nSPS) is 11.2. The fourth-order valence-electron chi connectivity index (χ4n) is 2.62. The van der Waals surface area contributed by atoms with E-state index in [4.69, 9.17) is 0 Å². The van der Waals surface area contributed by atoms with Crippen LogP contribution in [-0.2, 0) is 0 Å². The Hall–Kier alpha value is -2.95. The Kier molecular flexibility index (Phi) is 2.79. The lowest BCUT2D eigenvalue weighted by atomic mass is 10.0. The molecule has 0 fully saturated rings. The number of benzene rings is 2. The van der Waals surface area contributed by atoms with Crippen LogP contribution in [0.25, 0.3) is 32.9 Å². The summed E-state index contributed by atoms with van der Waals surface area (Å²) in [6.07, 6.45) is 3.71. The molecule has 0 aliphatic carbocycles. The summed E-state index contributed by atoms with van der Waals surface area (Å²) in [5.41, 5.74) is 4.25. The second-order valence-corrected chi connectivity index (χ2v) is 5.48. The van der Waals surface area contributed by atoms with E-state index in [9.17, 15) is 0 Å². The van der Waals surface area contributed by atoms with Crippen LogP contribution in [-0.4, -0.2) is 34.3 Å². The minimum atomic E-state index is 0.718. The molecule has 0 amide bonds.